The summed E-state index contributed by atoms with van der Waals surface area (Å²) in [6.07, 6.45) is 8.49. The minimum absolute atomic E-state index is 0.333. The molecule has 0 N–H and O–H groups in total. The van der Waals surface area contributed by atoms with Gasteiger partial charge in [-0.15, -0.1) is 0 Å². The first-order valence-corrected chi connectivity index (χ1v) is 6.86. The van der Waals surface area contributed by atoms with E-state index >= 15 is 0 Å². The average Bonchev–Trinajstić information content (AvgIpc) is 2.88. The summed E-state index contributed by atoms with van der Waals surface area (Å²) >= 11 is 4.14. The van der Waals surface area contributed by atoms with Crippen molar-refractivity contribution in [3.05, 3.63) is 0 Å². The van der Waals surface area contributed by atoms with Gasteiger partial charge in [-0.25, -0.2) is 0 Å². The van der Waals surface area contributed by atoms with Crippen molar-refractivity contribution in [1.82, 2.24) is 4.90 Å². The maximum Gasteiger partial charge on any atom is 0.223 e. The van der Waals surface area contributed by atoms with Crippen LogP contribution in [-0.4, -0.2) is 29.1 Å². The van der Waals surface area contributed by atoms with Crippen molar-refractivity contribution in [3.63, 3.8) is 0 Å². The molecule has 15 heavy (non-hydrogen) atoms. The number of hydrogen-bond acceptors (Lipinski definition) is 2. The van der Waals surface area contributed by atoms with Crippen molar-refractivity contribution in [2.24, 2.45) is 5.92 Å². The molecule has 2 nitrogen and oxygen atoms in total. The third kappa shape index (κ3) is 2.49. The molecule has 2 aliphatic rings. The van der Waals surface area contributed by atoms with Crippen LogP contribution in [-0.2, 0) is 4.79 Å². The summed E-state index contributed by atoms with van der Waals surface area (Å²) in [5.74, 6) is 1.82. The summed E-state index contributed by atoms with van der Waals surface area (Å²) in [6, 6.07) is 0.569. The van der Waals surface area contributed by atoms with Crippen molar-refractivity contribution >= 4 is 18.5 Å². The van der Waals surface area contributed by atoms with Crippen molar-refractivity contribution < 1.29 is 4.79 Å². The standard InChI is InChI=1S/C12H21NOS/c14-12(7-9-15)13-8-3-6-11(13)10-4-1-2-5-10/h10-11,15H,1-9H2. The van der Waals surface area contributed by atoms with E-state index in [9.17, 15) is 4.79 Å². The van der Waals surface area contributed by atoms with E-state index in [1.807, 2.05) is 0 Å². The second-order valence-corrected chi connectivity index (χ2v) is 5.26. The van der Waals surface area contributed by atoms with Gasteiger partial charge in [-0.05, 0) is 37.4 Å². The van der Waals surface area contributed by atoms with Gasteiger partial charge in [0.25, 0.3) is 0 Å². The molecule has 2 fully saturated rings. The van der Waals surface area contributed by atoms with Crippen LogP contribution in [0.25, 0.3) is 0 Å². The van der Waals surface area contributed by atoms with E-state index in [0.717, 1.165) is 12.5 Å². The van der Waals surface area contributed by atoms with Gasteiger partial charge >= 0.3 is 0 Å². The van der Waals surface area contributed by atoms with Crippen LogP contribution in [0.4, 0.5) is 0 Å². The largest absolute Gasteiger partial charge is 0.339 e. The van der Waals surface area contributed by atoms with E-state index in [2.05, 4.69) is 17.5 Å². The molecule has 86 valence electrons. The third-order valence-corrected chi connectivity index (χ3v) is 4.11. The number of hydrogen-bond donors (Lipinski definition) is 1. The quantitative estimate of drug-likeness (QED) is 0.735. The molecule has 1 atom stereocenters. The van der Waals surface area contributed by atoms with Gasteiger partial charge in [0, 0.05) is 19.0 Å². The van der Waals surface area contributed by atoms with Crippen molar-refractivity contribution in [3.8, 4) is 0 Å². The first kappa shape index (κ1) is 11.3. The van der Waals surface area contributed by atoms with Gasteiger partial charge in [0.05, 0.1) is 0 Å². The van der Waals surface area contributed by atoms with E-state index in [1.165, 1.54) is 38.5 Å². The summed E-state index contributed by atoms with van der Waals surface area (Å²) in [7, 11) is 0. The van der Waals surface area contributed by atoms with Crippen LogP contribution >= 0.6 is 12.6 Å². The number of likely N-dealkylation sites (tertiary alicyclic amines) is 1. The Balaban J connectivity index is 1.94. The zero-order chi connectivity index (χ0) is 10.7. The van der Waals surface area contributed by atoms with E-state index < -0.39 is 0 Å². The van der Waals surface area contributed by atoms with Crippen LogP contribution in [0.1, 0.15) is 44.9 Å². The lowest BCUT2D eigenvalue weighted by molar-refractivity contribution is -0.132. The fraction of sp³-hybridized carbons (Fsp3) is 0.917. The molecule has 0 aromatic rings. The topological polar surface area (TPSA) is 20.3 Å². The highest BCUT2D eigenvalue weighted by Crippen LogP contribution is 2.35. The second kappa shape index (κ2) is 5.24. The predicted molar refractivity (Wildman–Crippen MR) is 65.2 cm³/mol. The molecule has 3 heteroatoms. The number of carbonyl (C=O) groups is 1. The van der Waals surface area contributed by atoms with Crippen LogP contribution in [0.15, 0.2) is 0 Å². The number of amides is 1. The average molecular weight is 227 g/mol. The van der Waals surface area contributed by atoms with Crippen LogP contribution in [0.5, 0.6) is 0 Å². The number of carbonyl (C=O) groups excluding carboxylic acids is 1. The lowest BCUT2D eigenvalue weighted by Crippen LogP contribution is -2.39. The van der Waals surface area contributed by atoms with Crippen LogP contribution in [0, 0.1) is 5.92 Å². The molecule has 0 bridgehead atoms. The zero-order valence-corrected chi connectivity index (χ0v) is 10.2. The summed E-state index contributed by atoms with van der Waals surface area (Å²) in [5, 5.41) is 0. The molecule has 1 heterocycles. The Hall–Kier alpha value is -0.180. The Morgan fingerprint density at radius 1 is 1.20 bits per heavy atom. The van der Waals surface area contributed by atoms with Gasteiger partial charge in [0.2, 0.25) is 5.91 Å². The van der Waals surface area contributed by atoms with Gasteiger partial charge < -0.3 is 4.90 Å². The number of rotatable bonds is 3. The normalized spacial score (nSPS) is 27.5. The van der Waals surface area contributed by atoms with E-state index in [0.29, 0.717) is 24.1 Å². The van der Waals surface area contributed by atoms with Crippen LogP contribution in [0.3, 0.4) is 0 Å². The molecular formula is C12H21NOS. The predicted octanol–water partition coefficient (Wildman–Crippen LogP) is 2.49. The summed E-state index contributed by atoms with van der Waals surface area (Å²) in [4.78, 5) is 14.0. The highest BCUT2D eigenvalue weighted by molar-refractivity contribution is 7.80. The van der Waals surface area contributed by atoms with Gasteiger partial charge in [-0.3, -0.25) is 4.79 Å². The molecule has 0 spiro atoms. The van der Waals surface area contributed by atoms with E-state index in [1.54, 1.807) is 0 Å². The third-order valence-electron chi connectivity index (χ3n) is 3.89. The molecule has 1 saturated carbocycles. The zero-order valence-electron chi connectivity index (χ0n) is 9.32. The molecule has 1 aliphatic heterocycles. The number of thiol groups is 1. The molecular weight excluding hydrogens is 206 g/mol. The Bertz CT molecular complexity index is 226. The summed E-state index contributed by atoms with van der Waals surface area (Å²) in [6.45, 7) is 0.994. The Kier molecular flexibility index (Phi) is 3.95. The highest BCUT2D eigenvalue weighted by atomic mass is 32.1. The van der Waals surface area contributed by atoms with Gasteiger partial charge in [-0.1, -0.05) is 12.8 Å². The van der Waals surface area contributed by atoms with E-state index in [4.69, 9.17) is 0 Å². The van der Waals surface area contributed by atoms with Crippen molar-refractivity contribution in [2.45, 2.75) is 51.0 Å². The molecule has 1 unspecified atom stereocenters. The maximum atomic E-state index is 11.9. The van der Waals surface area contributed by atoms with Crippen LogP contribution in [0.2, 0.25) is 0 Å². The summed E-state index contributed by atoms with van der Waals surface area (Å²) in [5.41, 5.74) is 0. The Labute approximate surface area is 97.8 Å². The first-order valence-electron chi connectivity index (χ1n) is 6.23. The smallest absolute Gasteiger partial charge is 0.223 e. The van der Waals surface area contributed by atoms with Crippen molar-refractivity contribution in [2.75, 3.05) is 12.3 Å². The molecule has 0 aromatic heterocycles. The monoisotopic (exact) mass is 227 g/mol. The summed E-state index contributed by atoms with van der Waals surface area (Å²) < 4.78 is 0. The fourth-order valence-corrected chi connectivity index (χ4v) is 3.36. The highest BCUT2D eigenvalue weighted by Gasteiger charge is 2.35. The molecule has 1 amide bonds. The molecule has 1 aliphatic carbocycles. The maximum absolute atomic E-state index is 11.9. The molecule has 0 aromatic carbocycles. The lowest BCUT2D eigenvalue weighted by atomic mass is 9.96. The molecule has 2 rings (SSSR count). The van der Waals surface area contributed by atoms with Crippen LogP contribution < -0.4 is 0 Å². The molecule has 0 radical (unpaired) electrons. The Morgan fingerprint density at radius 3 is 2.60 bits per heavy atom. The second-order valence-electron chi connectivity index (χ2n) is 4.81. The fourth-order valence-electron chi connectivity index (χ4n) is 3.17. The minimum atomic E-state index is 0.333. The minimum Gasteiger partial charge on any atom is -0.339 e. The van der Waals surface area contributed by atoms with E-state index in [-0.39, 0.29) is 0 Å². The van der Waals surface area contributed by atoms with Gasteiger partial charge in [0.1, 0.15) is 0 Å². The SMILES string of the molecule is O=C(CCS)N1CCCC1C1CCCC1. The molecule has 1 saturated heterocycles. The van der Waals surface area contributed by atoms with Gasteiger partial charge in [-0.2, -0.15) is 12.6 Å². The first-order chi connectivity index (χ1) is 7.33. The lowest BCUT2D eigenvalue weighted by Gasteiger charge is -2.29. The van der Waals surface area contributed by atoms with Crippen molar-refractivity contribution in [1.29, 1.82) is 0 Å². The van der Waals surface area contributed by atoms with Gasteiger partial charge in [0.15, 0.2) is 0 Å². The Morgan fingerprint density at radius 2 is 1.93 bits per heavy atom. The number of nitrogens with zero attached hydrogens (tertiary/aromatic N) is 1.